The number of aromatic carboxylic acids is 1. The Morgan fingerprint density at radius 2 is 1.83 bits per heavy atom. The number of halogens is 1. The number of benzene rings is 1. The van der Waals surface area contributed by atoms with E-state index in [1.165, 1.54) is 75.5 Å². The molecule has 0 radical (unpaired) electrons. The van der Waals surface area contributed by atoms with Crippen molar-refractivity contribution in [3.8, 4) is 0 Å². The molecule has 48 heavy (non-hydrogen) atoms. The molecule has 1 aliphatic heterocycles. The van der Waals surface area contributed by atoms with E-state index >= 15 is 0 Å². The van der Waals surface area contributed by atoms with Crippen LogP contribution in [0.25, 0.3) is 5.57 Å². The van der Waals surface area contributed by atoms with Crippen LogP contribution in [0.1, 0.15) is 122 Å². The Labute approximate surface area is 290 Å². The van der Waals surface area contributed by atoms with Gasteiger partial charge in [0.2, 0.25) is 0 Å². The van der Waals surface area contributed by atoms with Crippen molar-refractivity contribution >= 4 is 11.5 Å². The second-order valence-corrected chi connectivity index (χ2v) is 17.7. The lowest BCUT2D eigenvalue weighted by Crippen LogP contribution is -2.66. The van der Waals surface area contributed by atoms with Crippen molar-refractivity contribution in [2.75, 3.05) is 39.4 Å². The van der Waals surface area contributed by atoms with Crippen LogP contribution < -0.4 is 5.32 Å². The van der Waals surface area contributed by atoms with Crippen LogP contribution in [0.3, 0.4) is 0 Å². The van der Waals surface area contributed by atoms with E-state index in [9.17, 15) is 14.3 Å². The van der Waals surface area contributed by atoms with Gasteiger partial charge >= 0.3 is 5.97 Å². The zero-order valence-electron chi connectivity index (χ0n) is 30.8. The number of carbonyl (C=O) groups is 1. The molecule has 1 saturated heterocycles. The predicted octanol–water partition coefficient (Wildman–Crippen LogP) is 9.24. The first kappa shape index (κ1) is 35.8. The molecule has 1 heterocycles. The second kappa shape index (κ2) is 13.6. The summed E-state index contributed by atoms with van der Waals surface area (Å²) < 4.78 is 20.4. The van der Waals surface area contributed by atoms with E-state index in [1.54, 1.807) is 6.07 Å². The van der Waals surface area contributed by atoms with Gasteiger partial charge in [-0.15, -0.1) is 0 Å². The van der Waals surface area contributed by atoms with Crippen LogP contribution >= 0.6 is 0 Å². The summed E-state index contributed by atoms with van der Waals surface area (Å²) in [5, 5.41) is 13.6. The number of nitrogens with one attached hydrogen (secondary N) is 1. The number of fused-ring (bicyclic) bond motifs is 5. The van der Waals surface area contributed by atoms with E-state index in [4.69, 9.17) is 4.74 Å². The molecule has 0 amide bonds. The van der Waals surface area contributed by atoms with Crippen molar-refractivity contribution in [1.82, 2.24) is 10.2 Å². The molecule has 6 heteroatoms. The van der Waals surface area contributed by atoms with Crippen molar-refractivity contribution in [3.63, 3.8) is 0 Å². The average molecular weight is 663 g/mol. The molecule has 1 aromatic carbocycles. The van der Waals surface area contributed by atoms with Crippen LogP contribution in [0.15, 0.2) is 36.4 Å². The summed E-state index contributed by atoms with van der Waals surface area (Å²) >= 11 is 0. The topological polar surface area (TPSA) is 61.8 Å². The van der Waals surface area contributed by atoms with Crippen molar-refractivity contribution in [2.45, 2.75) is 111 Å². The molecule has 2 N–H and O–H groups in total. The molecule has 1 aromatic rings. The SMILES string of the molecule is C=C(C)C1CCC2(NCCN3CCOCC3)CCC3(C)C(CCC4C(C)(CC=C(c5ccc(C(=O)O)c(F)c5)C(C)C)CCCC43C)C12. The van der Waals surface area contributed by atoms with Crippen molar-refractivity contribution in [3.05, 3.63) is 53.4 Å². The first-order chi connectivity index (χ1) is 22.7. The second-order valence-electron chi connectivity index (χ2n) is 17.7. The highest BCUT2D eigenvalue weighted by atomic mass is 19.1. The van der Waals surface area contributed by atoms with E-state index in [0.717, 1.165) is 57.0 Å². The normalized spacial score (nSPS) is 38.7. The molecule has 5 nitrogen and oxygen atoms in total. The van der Waals surface area contributed by atoms with Crippen LogP contribution in [0.5, 0.6) is 0 Å². The summed E-state index contributed by atoms with van der Waals surface area (Å²) in [6.07, 6.45) is 14.9. The number of carboxylic acids is 1. The van der Waals surface area contributed by atoms with Gasteiger partial charge < -0.3 is 15.2 Å². The third-order valence-electron chi connectivity index (χ3n) is 15.0. The molecule has 266 valence electrons. The predicted molar refractivity (Wildman–Crippen MR) is 193 cm³/mol. The first-order valence-electron chi connectivity index (χ1n) is 19.2. The van der Waals surface area contributed by atoms with Gasteiger partial charge in [0.05, 0.1) is 18.8 Å². The van der Waals surface area contributed by atoms with Crippen LogP contribution in [0.2, 0.25) is 0 Å². The maximum atomic E-state index is 14.8. The lowest BCUT2D eigenvalue weighted by atomic mass is 9.36. The highest BCUT2D eigenvalue weighted by Gasteiger charge is 2.68. The summed E-state index contributed by atoms with van der Waals surface area (Å²) in [4.78, 5) is 14.0. The Hall–Kier alpha value is -2.02. The quantitative estimate of drug-likeness (QED) is 0.245. The number of carboxylic acid groups (broad SMARTS) is 1. The van der Waals surface area contributed by atoms with E-state index in [0.29, 0.717) is 23.7 Å². The Bertz CT molecular complexity index is 1400. The van der Waals surface area contributed by atoms with Gasteiger partial charge in [-0.25, -0.2) is 9.18 Å². The van der Waals surface area contributed by atoms with Crippen LogP contribution in [0.4, 0.5) is 4.39 Å². The van der Waals surface area contributed by atoms with Crippen LogP contribution in [-0.4, -0.2) is 60.9 Å². The number of hydrogen-bond acceptors (Lipinski definition) is 4. The molecular weight excluding hydrogens is 599 g/mol. The average Bonchev–Trinajstić information content (AvgIpc) is 3.42. The monoisotopic (exact) mass is 662 g/mol. The third-order valence-corrected chi connectivity index (χ3v) is 15.0. The van der Waals surface area contributed by atoms with E-state index < -0.39 is 11.8 Å². The zero-order chi connectivity index (χ0) is 34.5. The summed E-state index contributed by atoms with van der Waals surface area (Å²) in [5.74, 6) is 0.942. The molecule has 6 rings (SSSR count). The number of rotatable bonds is 10. The van der Waals surface area contributed by atoms with Gasteiger partial charge in [0.15, 0.2) is 0 Å². The molecule has 4 aliphatic carbocycles. The Morgan fingerprint density at radius 3 is 2.50 bits per heavy atom. The fourth-order valence-corrected chi connectivity index (χ4v) is 12.3. The molecule has 5 fully saturated rings. The molecule has 0 aromatic heterocycles. The van der Waals surface area contributed by atoms with Gasteiger partial charge in [-0.1, -0.05) is 65.3 Å². The minimum Gasteiger partial charge on any atom is -0.478 e. The molecule has 8 unspecified atom stereocenters. The number of ether oxygens (including phenoxy) is 1. The fraction of sp³-hybridized carbons (Fsp3) is 0.738. The highest BCUT2D eigenvalue weighted by molar-refractivity contribution is 5.88. The summed E-state index contributed by atoms with van der Waals surface area (Å²) in [6.45, 7) is 25.1. The van der Waals surface area contributed by atoms with E-state index in [2.05, 4.69) is 64.4 Å². The van der Waals surface area contributed by atoms with Crippen LogP contribution in [-0.2, 0) is 4.74 Å². The standard InChI is InChI=1S/C42H63FN2O3/c1-28(2)31(30-9-10-33(38(46)47)35(43)27-30)13-17-39(5)15-8-16-41(7)36(39)12-11-34-37-32(29(3)4)14-18-42(37,20-19-40(34,41)6)44-21-22-45-23-25-48-26-24-45/h9-10,13,27-28,32,34,36-37,44H,3,8,11-12,14-26H2,1-2,4-7H3,(H,46,47). The van der Waals surface area contributed by atoms with Crippen LogP contribution in [0, 0.1) is 51.7 Å². The number of morpholine rings is 1. The molecule has 4 saturated carbocycles. The highest BCUT2D eigenvalue weighted by Crippen LogP contribution is 2.73. The number of nitrogens with zero attached hydrogens (tertiary/aromatic N) is 1. The lowest BCUT2D eigenvalue weighted by molar-refractivity contribution is -0.197. The first-order valence-corrected chi connectivity index (χ1v) is 19.2. The Balaban J connectivity index is 1.25. The maximum absolute atomic E-state index is 14.8. The molecule has 0 spiro atoms. The van der Waals surface area contributed by atoms with Gasteiger partial charge in [0.25, 0.3) is 0 Å². The Kier molecular flexibility index (Phi) is 10.1. The van der Waals surface area contributed by atoms with Gasteiger partial charge in [0.1, 0.15) is 5.82 Å². The molecule has 8 atom stereocenters. The number of allylic oxidation sites excluding steroid dienone is 3. The molecule has 5 aliphatic rings. The van der Waals surface area contributed by atoms with Gasteiger partial charge in [-0.2, -0.15) is 0 Å². The number of hydrogen-bond donors (Lipinski definition) is 2. The largest absolute Gasteiger partial charge is 0.478 e. The summed E-state index contributed by atoms with van der Waals surface area (Å²) in [5.41, 5.74) is 4.02. The van der Waals surface area contributed by atoms with E-state index in [-0.39, 0.29) is 33.3 Å². The van der Waals surface area contributed by atoms with Crippen molar-refractivity contribution in [2.24, 2.45) is 45.8 Å². The van der Waals surface area contributed by atoms with Crippen molar-refractivity contribution < 1.29 is 19.0 Å². The summed E-state index contributed by atoms with van der Waals surface area (Å²) in [6, 6.07) is 4.64. The lowest BCUT2D eigenvalue weighted by Gasteiger charge is -2.70. The molecular formula is C42H63FN2O3. The minimum atomic E-state index is -1.22. The smallest absolute Gasteiger partial charge is 0.338 e. The Morgan fingerprint density at radius 1 is 1.08 bits per heavy atom. The van der Waals surface area contributed by atoms with Gasteiger partial charge in [0, 0.05) is 31.7 Å². The fourth-order valence-electron chi connectivity index (χ4n) is 12.3. The van der Waals surface area contributed by atoms with Gasteiger partial charge in [-0.05, 0) is 134 Å². The third kappa shape index (κ3) is 6.15. The zero-order valence-corrected chi connectivity index (χ0v) is 30.8. The van der Waals surface area contributed by atoms with Gasteiger partial charge in [-0.3, -0.25) is 4.90 Å². The van der Waals surface area contributed by atoms with E-state index in [1.807, 2.05) is 0 Å². The van der Waals surface area contributed by atoms with Crippen molar-refractivity contribution in [1.29, 1.82) is 0 Å². The minimum absolute atomic E-state index is 0.176. The molecule has 0 bridgehead atoms. The summed E-state index contributed by atoms with van der Waals surface area (Å²) in [7, 11) is 0. The maximum Gasteiger partial charge on any atom is 0.338 e.